The molecule has 1 heterocycles. The van der Waals surface area contributed by atoms with E-state index in [4.69, 9.17) is 11.6 Å². The number of likely N-dealkylation sites (N-methyl/N-ethyl adjacent to an activating group) is 1. The van der Waals surface area contributed by atoms with Gasteiger partial charge in [-0.1, -0.05) is 31.4 Å². The molecule has 0 radical (unpaired) electrons. The lowest BCUT2D eigenvalue weighted by Crippen LogP contribution is -2.47. The summed E-state index contributed by atoms with van der Waals surface area (Å²) in [7, 11) is 4.34. The predicted octanol–water partition coefficient (Wildman–Crippen LogP) is 3.29. The van der Waals surface area contributed by atoms with Gasteiger partial charge in [0.05, 0.1) is 0 Å². The molecule has 1 aliphatic rings. The van der Waals surface area contributed by atoms with Crippen LogP contribution in [0.3, 0.4) is 0 Å². The van der Waals surface area contributed by atoms with Gasteiger partial charge in [0.2, 0.25) is 0 Å². The van der Waals surface area contributed by atoms with E-state index in [2.05, 4.69) is 34.3 Å². The van der Waals surface area contributed by atoms with E-state index in [0.29, 0.717) is 5.15 Å². The average Bonchev–Trinajstić information content (AvgIpc) is 2.90. The molecule has 1 saturated carbocycles. The summed E-state index contributed by atoms with van der Waals surface area (Å²) < 4.78 is 0. The molecular formula is C15H25ClN4. The standard InChI is InChI=1S/C15H25ClN4/c1-5-12-18-13(16)11(2)14(19-12)17-10-15(20(3)4)8-6-7-9-15/h5-10H2,1-4H3,(H,17,18,19). The maximum Gasteiger partial charge on any atom is 0.137 e. The van der Waals surface area contributed by atoms with Crippen molar-refractivity contribution in [3.05, 3.63) is 16.5 Å². The Hall–Kier alpha value is -0.870. The highest BCUT2D eigenvalue weighted by Crippen LogP contribution is 2.34. The van der Waals surface area contributed by atoms with Crippen LogP contribution in [0.15, 0.2) is 0 Å². The third-order valence-corrected chi connectivity index (χ3v) is 4.88. The van der Waals surface area contributed by atoms with Crippen LogP contribution in [0.25, 0.3) is 0 Å². The maximum absolute atomic E-state index is 6.19. The second kappa shape index (κ2) is 6.27. The fraction of sp³-hybridized carbons (Fsp3) is 0.733. The number of hydrogen-bond acceptors (Lipinski definition) is 4. The van der Waals surface area contributed by atoms with Gasteiger partial charge in [-0.05, 0) is 33.9 Å². The van der Waals surface area contributed by atoms with E-state index in [9.17, 15) is 0 Å². The first-order chi connectivity index (χ1) is 9.48. The minimum atomic E-state index is 0.246. The molecule has 0 amide bonds. The summed E-state index contributed by atoms with van der Waals surface area (Å²) in [5.41, 5.74) is 1.19. The number of nitrogens with zero attached hydrogens (tertiary/aromatic N) is 3. The molecule has 1 fully saturated rings. The number of nitrogens with one attached hydrogen (secondary N) is 1. The maximum atomic E-state index is 6.19. The summed E-state index contributed by atoms with van der Waals surface area (Å²) in [5.74, 6) is 1.68. The number of aryl methyl sites for hydroxylation is 1. The predicted molar refractivity (Wildman–Crippen MR) is 84.5 cm³/mol. The van der Waals surface area contributed by atoms with E-state index < -0.39 is 0 Å². The molecule has 1 aromatic heterocycles. The van der Waals surface area contributed by atoms with Gasteiger partial charge in [0.1, 0.15) is 16.8 Å². The molecule has 1 aromatic rings. The fourth-order valence-corrected chi connectivity index (χ4v) is 3.11. The van der Waals surface area contributed by atoms with Crippen LogP contribution in [-0.2, 0) is 6.42 Å². The highest BCUT2D eigenvalue weighted by molar-refractivity contribution is 6.30. The topological polar surface area (TPSA) is 41.1 Å². The third kappa shape index (κ3) is 3.07. The molecule has 0 unspecified atom stereocenters. The first-order valence-corrected chi connectivity index (χ1v) is 7.80. The lowest BCUT2D eigenvalue weighted by Gasteiger charge is -2.36. The Kier molecular flexibility index (Phi) is 4.86. The Morgan fingerprint density at radius 2 is 1.90 bits per heavy atom. The minimum absolute atomic E-state index is 0.246. The van der Waals surface area contributed by atoms with Crippen LogP contribution < -0.4 is 5.32 Å². The summed E-state index contributed by atoms with van der Waals surface area (Å²) in [5, 5.41) is 4.08. The van der Waals surface area contributed by atoms with E-state index in [0.717, 1.165) is 30.2 Å². The van der Waals surface area contributed by atoms with Crippen LogP contribution in [0.4, 0.5) is 5.82 Å². The van der Waals surface area contributed by atoms with Crippen molar-refractivity contribution in [3.63, 3.8) is 0 Å². The van der Waals surface area contributed by atoms with E-state index >= 15 is 0 Å². The van der Waals surface area contributed by atoms with Gasteiger partial charge in [-0.25, -0.2) is 9.97 Å². The van der Waals surface area contributed by atoms with Crippen LogP contribution in [-0.4, -0.2) is 41.0 Å². The van der Waals surface area contributed by atoms with Crippen molar-refractivity contribution < 1.29 is 0 Å². The van der Waals surface area contributed by atoms with Crippen molar-refractivity contribution in [2.75, 3.05) is 26.0 Å². The van der Waals surface area contributed by atoms with Gasteiger partial charge < -0.3 is 10.2 Å². The van der Waals surface area contributed by atoms with Crippen molar-refractivity contribution in [2.45, 2.75) is 51.5 Å². The zero-order valence-corrected chi connectivity index (χ0v) is 13.7. The van der Waals surface area contributed by atoms with Crippen molar-refractivity contribution in [1.29, 1.82) is 0 Å². The van der Waals surface area contributed by atoms with Gasteiger partial charge >= 0.3 is 0 Å². The molecular weight excluding hydrogens is 272 g/mol. The van der Waals surface area contributed by atoms with Crippen LogP contribution in [0, 0.1) is 6.92 Å². The number of anilines is 1. The first-order valence-electron chi connectivity index (χ1n) is 7.43. The highest BCUT2D eigenvalue weighted by Gasteiger charge is 2.35. The molecule has 20 heavy (non-hydrogen) atoms. The molecule has 5 heteroatoms. The van der Waals surface area contributed by atoms with Crippen molar-refractivity contribution in [1.82, 2.24) is 14.9 Å². The normalized spacial score (nSPS) is 17.7. The minimum Gasteiger partial charge on any atom is -0.368 e. The van der Waals surface area contributed by atoms with Gasteiger partial charge in [0, 0.05) is 24.1 Å². The zero-order valence-electron chi connectivity index (χ0n) is 13.0. The highest BCUT2D eigenvalue weighted by atomic mass is 35.5. The molecule has 0 aliphatic heterocycles. The smallest absolute Gasteiger partial charge is 0.137 e. The summed E-state index contributed by atoms with van der Waals surface area (Å²) in [6.07, 6.45) is 5.90. The van der Waals surface area contributed by atoms with E-state index in [1.165, 1.54) is 25.7 Å². The molecule has 1 N–H and O–H groups in total. The SMILES string of the molecule is CCc1nc(Cl)c(C)c(NCC2(N(C)C)CCCC2)n1. The van der Waals surface area contributed by atoms with Crippen LogP contribution in [0.1, 0.15) is 44.0 Å². The molecule has 4 nitrogen and oxygen atoms in total. The molecule has 0 bridgehead atoms. The number of halogens is 1. The Labute approximate surface area is 126 Å². The van der Waals surface area contributed by atoms with Crippen LogP contribution in [0.5, 0.6) is 0 Å². The molecule has 0 saturated heterocycles. The second-order valence-electron chi connectivity index (χ2n) is 5.94. The number of hydrogen-bond donors (Lipinski definition) is 1. The van der Waals surface area contributed by atoms with Crippen LogP contribution in [0.2, 0.25) is 5.15 Å². The number of rotatable bonds is 5. The molecule has 0 spiro atoms. The average molecular weight is 297 g/mol. The largest absolute Gasteiger partial charge is 0.368 e. The number of aromatic nitrogens is 2. The molecule has 0 atom stereocenters. The quantitative estimate of drug-likeness (QED) is 0.847. The van der Waals surface area contributed by atoms with Crippen LogP contribution >= 0.6 is 11.6 Å². The van der Waals surface area contributed by atoms with E-state index in [-0.39, 0.29) is 5.54 Å². The Balaban J connectivity index is 2.16. The molecule has 0 aromatic carbocycles. The molecule has 112 valence electrons. The van der Waals surface area contributed by atoms with Crippen molar-refractivity contribution >= 4 is 17.4 Å². The fourth-order valence-electron chi connectivity index (χ4n) is 2.93. The monoisotopic (exact) mass is 296 g/mol. The Bertz CT molecular complexity index is 467. The first kappa shape index (κ1) is 15.5. The zero-order chi connectivity index (χ0) is 14.8. The van der Waals surface area contributed by atoms with E-state index in [1.54, 1.807) is 0 Å². The molecule has 2 rings (SSSR count). The van der Waals surface area contributed by atoms with Gasteiger partial charge in [-0.15, -0.1) is 0 Å². The summed E-state index contributed by atoms with van der Waals surface area (Å²) in [6, 6.07) is 0. The van der Waals surface area contributed by atoms with Gasteiger partial charge in [0.25, 0.3) is 0 Å². The Morgan fingerprint density at radius 3 is 2.45 bits per heavy atom. The summed E-state index contributed by atoms with van der Waals surface area (Å²) in [4.78, 5) is 11.2. The second-order valence-corrected chi connectivity index (χ2v) is 6.30. The molecule has 1 aliphatic carbocycles. The lowest BCUT2D eigenvalue weighted by molar-refractivity contribution is 0.172. The lowest BCUT2D eigenvalue weighted by atomic mass is 9.96. The van der Waals surface area contributed by atoms with Gasteiger partial charge in [-0.2, -0.15) is 0 Å². The van der Waals surface area contributed by atoms with Gasteiger partial charge in [-0.3, -0.25) is 0 Å². The van der Waals surface area contributed by atoms with Crippen molar-refractivity contribution in [3.8, 4) is 0 Å². The summed E-state index contributed by atoms with van der Waals surface area (Å²) in [6.45, 7) is 4.93. The van der Waals surface area contributed by atoms with E-state index in [1.807, 2.05) is 13.8 Å². The third-order valence-electron chi connectivity index (χ3n) is 4.52. The van der Waals surface area contributed by atoms with Crippen molar-refractivity contribution in [2.24, 2.45) is 0 Å². The van der Waals surface area contributed by atoms with Gasteiger partial charge in [0.15, 0.2) is 0 Å². The summed E-state index contributed by atoms with van der Waals surface area (Å²) >= 11 is 6.19. The Morgan fingerprint density at radius 1 is 1.25 bits per heavy atom.